The number of carbonyl (C=O) groups is 1. The molecule has 1 atom stereocenters. The highest BCUT2D eigenvalue weighted by molar-refractivity contribution is 14.1. The molecule has 0 radical (unpaired) electrons. The van der Waals surface area contributed by atoms with Gasteiger partial charge >= 0.3 is 5.97 Å². The number of halogens is 1. The van der Waals surface area contributed by atoms with Gasteiger partial charge in [-0.15, -0.1) is 0 Å². The van der Waals surface area contributed by atoms with Gasteiger partial charge in [0.2, 0.25) is 10.0 Å². The van der Waals surface area contributed by atoms with Gasteiger partial charge in [0.15, 0.2) is 0 Å². The van der Waals surface area contributed by atoms with Crippen LogP contribution in [0.15, 0.2) is 68.6 Å². The summed E-state index contributed by atoms with van der Waals surface area (Å²) >= 11 is 1.96. The molecule has 0 saturated carbocycles. The minimum Gasteiger partial charge on any atom is -0.478 e. The Morgan fingerprint density at radius 3 is 2.19 bits per heavy atom. The summed E-state index contributed by atoms with van der Waals surface area (Å²) in [5, 5.41) is 9.71. The molecule has 5 nitrogen and oxygen atoms in total. The van der Waals surface area contributed by atoms with Crippen LogP contribution in [0.4, 0.5) is 0 Å². The topological polar surface area (TPSA) is 83.5 Å². The molecule has 2 N–H and O–H groups in total. The molecule has 0 amide bonds. The van der Waals surface area contributed by atoms with E-state index in [1.807, 2.05) is 36.4 Å². The lowest BCUT2D eigenvalue weighted by atomic mass is 9.99. The molecule has 1 unspecified atom stereocenters. The number of hydrogen-bond acceptors (Lipinski definition) is 3. The molecule has 2 aromatic rings. The second kappa shape index (κ2) is 8.79. The maximum atomic E-state index is 12.8. The minimum absolute atomic E-state index is 0.0370. The summed E-state index contributed by atoms with van der Waals surface area (Å²) in [6, 6.07) is 14.2. The van der Waals surface area contributed by atoms with E-state index in [9.17, 15) is 18.3 Å². The molecule has 0 spiro atoms. The summed E-state index contributed by atoms with van der Waals surface area (Å²) in [5.74, 6) is -1.14. The van der Waals surface area contributed by atoms with Gasteiger partial charge in [-0.1, -0.05) is 55.0 Å². The normalized spacial score (nSPS) is 13.8. The first kappa shape index (κ1) is 20.6. The van der Waals surface area contributed by atoms with Gasteiger partial charge in [0, 0.05) is 3.58 Å². The fourth-order valence-corrected chi connectivity index (χ4v) is 4.20. The molecular weight excluding hydrogens is 465 g/mol. The Morgan fingerprint density at radius 2 is 1.69 bits per heavy atom. The number of carboxylic acid groups (broad SMARTS) is 1. The number of carboxylic acids is 1. The Labute approximate surface area is 167 Å². The lowest BCUT2D eigenvalue weighted by molar-refractivity contribution is -0.133. The van der Waals surface area contributed by atoms with E-state index in [1.54, 1.807) is 42.5 Å². The highest BCUT2D eigenvalue weighted by atomic mass is 127. The van der Waals surface area contributed by atoms with E-state index in [2.05, 4.69) is 4.72 Å². The summed E-state index contributed by atoms with van der Waals surface area (Å²) in [4.78, 5) is 12.0. The summed E-state index contributed by atoms with van der Waals surface area (Å²) in [5.41, 5.74) is 1.55. The highest BCUT2D eigenvalue weighted by Crippen LogP contribution is 2.30. The number of aryl methyl sites for hydroxylation is 1. The maximum absolute atomic E-state index is 12.8. The van der Waals surface area contributed by atoms with Crippen molar-refractivity contribution >= 4 is 38.6 Å². The van der Waals surface area contributed by atoms with Crippen LogP contribution in [0.1, 0.15) is 30.5 Å². The number of rotatable bonds is 7. The van der Waals surface area contributed by atoms with Gasteiger partial charge < -0.3 is 5.11 Å². The van der Waals surface area contributed by atoms with Crippen LogP contribution < -0.4 is 4.72 Å². The number of aliphatic carboxylic acids is 1. The monoisotopic (exact) mass is 485 g/mol. The second-order valence-corrected chi connectivity index (χ2v) is 8.77. The third kappa shape index (κ3) is 4.93. The summed E-state index contributed by atoms with van der Waals surface area (Å²) in [6.07, 6.45) is 0.498. The molecule has 0 aromatic heterocycles. The average Bonchev–Trinajstić information content (AvgIpc) is 2.61. The molecule has 2 aromatic carbocycles. The van der Waals surface area contributed by atoms with E-state index in [0.29, 0.717) is 15.6 Å². The zero-order valence-corrected chi connectivity index (χ0v) is 17.4. The van der Waals surface area contributed by atoms with Gasteiger partial charge in [0.1, 0.15) is 0 Å². The number of nitrogens with one attached hydrogen (secondary N) is 1. The molecule has 0 heterocycles. The Morgan fingerprint density at radius 1 is 1.12 bits per heavy atom. The van der Waals surface area contributed by atoms with Gasteiger partial charge in [-0.3, -0.25) is 0 Å². The first-order valence-electron chi connectivity index (χ1n) is 8.02. The van der Waals surface area contributed by atoms with E-state index in [0.717, 1.165) is 5.56 Å². The number of allylic oxidation sites excluding steroid dienone is 1. The predicted octanol–water partition coefficient (Wildman–Crippen LogP) is 4.20. The van der Waals surface area contributed by atoms with Crippen LogP contribution in [-0.4, -0.2) is 19.5 Å². The van der Waals surface area contributed by atoms with E-state index >= 15 is 0 Å². The smallest absolute Gasteiger partial charge is 0.334 e. The Hall–Kier alpha value is -1.71. The SMILES string of the molecule is CCC(I)=C(C(=O)O)C(NS(=O)(=O)c1ccc(C)cc1)c1ccccc1. The van der Waals surface area contributed by atoms with E-state index in [4.69, 9.17) is 0 Å². The molecule has 0 aliphatic carbocycles. The van der Waals surface area contributed by atoms with Crippen LogP contribution in [0.2, 0.25) is 0 Å². The minimum atomic E-state index is -3.90. The third-order valence-electron chi connectivity index (χ3n) is 3.86. The molecule has 0 fully saturated rings. The summed E-state index contributed by atoms with van der Waals surface area (Å²) < 4.78 is 28.8. The highest BCUT2D eigenvalue weighted by Gasteiger charge is 2.29. The average molecular weight is 485 g/mol. The van der Waals surface area contributed by atoms with Crippen LogP contribution in [0.5, 0.6) is 0 Å². The molecule has 0 aliphatic heterocycles. The fourth-order valence-electron chi connectivity index (χ4n) is 2.47. The van der Waals surface area contributed by atoms with Crippen LogP contribution in [0, 0.1) is 6.92 Å². The van der Waals surface area contributed by atoms with E-state index in [-0.39, 0.29) is 10.5 Å². The van der Waals surface area contributed by atoms with E-state index < -0.39 is 22.0 Å². The standard InChI is InChI=1S/C19H20INO4S/c1-3-16(20)17(19(22)23)18(14-7-5-4-6-8-14)21-26(24,25)15-11-9-13(2)10-12-15/h4-12,18,21H,3H2,1-2H3,(H,22,23). The van der Waals surface area contributed by atoms with Gasteiger partial charge in [0.05, 0.1) is 16.5 Å². The van der Waals surface area contributed by atoms with Gasteiger partial charge in [-0.2, -0.15) is 4.72 Å². The Kier molecular flexibility index (Phi) is 6.96. The number of benzene rings is 2. The second-order valence-electron chi connectivity index (χ2n) is 5.76. The molecule has 0 aliphatic rings. The largest absolute Gasteiger partial charge is 0.478 e. The first-order chi connectivity index (χ1) is 12.3. The Bertz CT molecular complexity index is 906. The lowest BCUT2D eigenvalue weighted by Crippen LogP contribution is -2.32. The Balaban J connectivity index is 2.55. The van der Waals surface area contributed by atoms with Gasteiger partial charge in [0.25, 0.3) is 0 Å². The van der Waals surface area contributed by atoms with Crippen LogP contribution >= 0.6 is 22.6 Å². The molecule has 138 valence electrons. The third-order valence-corrected chi connectivity index (χ3v) is 6.64. The van der Waals surface area contributed by atoms with E-state index in [1.165, 1.54) is 12.1 Å². The van der Waals surface area contributed by atoms with Crippen LogP contribution in [-0.2, 0) is 14.8 Å². The van der Waals surface area contributed by atoms with Crippen molar-refractivity contribution < 1.29 is 18.3 Å². The quantitative estimate of drug-likeness (QED) is 0.455. The number of sulfonamides is 1. The van der Waals surface area contributed by atoms with Crippen molar-refractivity contribution in [3.63, 3.8) is 0 Å². The maximum Gasteiger partial charge on any atom is 0.334 e. The predicted molar refractivity (Wildman–Crippen MR) is 110 cm³/mol. The lowest BCUT2D eigenvalue weighted by Gasteiger charge is -2.21. The van der Waals surface area contributed by atoms with Crippen molar-refractivity contribution in [2.24, 2.45) is 0 Å². The molecule has 7 heteroatoms. The fraction of sp³-hybridized carbons (Fsp3) is 0.211. The molecule has 2 rings (SSSR count). The van der Waals surface area contributed by atoms with Crippen molar-refractivity contribution in [3.8, 4) is 0 Å². The van der Waals surface area contributed by atoms with Crippen LogP contribution in [0.3, 0.4) is 0 Å². The zero-order valence-electron chi connectivity index (χ0n) is 14.4. The zero-order chi connectivity index (χ0) is 19.3. The van der Waals surface area contributed by atoms with Crippen molar-refractivity contribution in [2.75, 3.05) is 0 Å². The molecule has 26 heavy (non-hydrogen) atoms. The molecule has 0 saturated heterocycles. The van der Waals surface area contributed by atoms with Crippen molar-refractivity contribution in [1.82, 2.24) is 4.72 Å². The van der Waals surface area contributed by atoms with Crippen molar-refractivity contribution in [2.45, 2.75) is 31.2 Å². The van der Waals surface area contributed by atoms with Gasteiger partial charge in [-0.25, -0.2) is 13.2 Å². The summed E-state index contributed by atoms with van der Waals surface area (Å²) in [6.45, 7) is 3.70. The van der Waals surface area contributed by atoms with Crippen molar-refractivity contribution in [1.29, 1.82) is 0 Å². The number of hydrogen-bond donors (Lipinski definition) is 2. The summed E-state index contributed by atoms with van der Waals surface area (Å²) in [7, 11) is -3.90. The molecule has 0 bridgehead atoms. The van der Waals surface area contributed by atoms with Crippen molar-refractivity contribution in [3.05, 3.63) is 74.9 Å². The first-order valence-corrected chi connectivity index (χ1v) is 10.6. The van der Waals surface area contributed by atoms with Crippen LogP contribution in [0.25, 0.3) is 0 Å². The molecular formula is C19H20INO4S. The van der Waals surface area contributed by atoms with Gasteiger partial charge in [-0.05, 0) is 53.6 Å².